The lowest BCUT2D eigenvalue weighted by Gasteiger charge is -2.40. The molecule has 9 heteroatoms. The molecule has 0 saturated carbocycles. The van der Waals surface area contributed by atoms with Crippen LogP contribution in [0.1, 0.15) is 30.0 Å². The zero-order valence-corrected chi connectivity index (χ0v) is 27.4. The van der Waals surface area contributed by atoms with Crippen molar-refractivity contribution in [2.24, 2.45) is 11.8 Å². The van der Waals surface area contributed by atoms with E-state index in [-0.39, 0.29) is 41.0 Å². The standard InChI is InChI=1S/C34H40BrN3O4S/c1-6-16-36(19-24-14-9-8-10-15-24)31(40)26-27-32(41)38(23(5)20-39)30(34(27)18-25(35)29(26)43-34)33(42)37(17-7-2)28-21(3)12-11-13-22(28)4/h6-15,23,25-27,29-30,39H,1-2,16-20H2,3-5H3/t23-,25?,26+,27+,29+,30?,34?/m1/s1. The SMILES string of the molecule is C=CCN(Cc1ccccc1)C(=O)[C@H]1[C@H]2C(=O)N([C@H](C)CO)C(C(=O)N(CC=C)c3c(C)cccc3C)C23CC(Br)[C@@H]1S3. The number of aliphatic hydroxyl groups is 1. The van der Waals surface area contributed by atoms with Crippen LogP contribution in [0.4, 0.5) is 5.69 Å². The number of amides is 3. The van der Waals surface area contributed by atoms with Gasteiger partial charge in [0.2, 0.25) is 11.8 Å². The van der Waals surface area contributed by atoms with E-state index >= 15 is 0 Å². The average molecular weight is 667 g/mol. The van der Waals surface area contributed by atoms with Gasteiger partial charge in [-0.25, -0.2) is 0 Å². The Kier molecular flexibility index (Phi) is 9.26. The smallest absolute Gasteiger partial charge is 0.251 e. The zero-order valence-electron chi connectivity index (χ0n) is 25.0. The molecule has 43 heavy (non-hydrogen) atoms. The minimum atomic E-state index is -0.846. The number of aryl methyl sites for hydroxylation is 2. The molecule has 3 fully saturated rings. The lowest BCUT2D eigenvalue weighted by molar-refractivity contribution is -0.145. The van der Waals surface area contributed by atoms with Crippen molar-refractivity contribution in [1.29, 1.82) is 0 Å². The zero-order chi connectivity index (χ0) is 31.1. The molecule has 7 atom stereocenters. The molecule has 1 N–H and O–H groups in total. The Morgan fingerprint density at radius 2 is 1.74 bits per heavy atom. The molecule has 3 unspecified atom stereocenters. The van der Waals surface area contributed by atoms with Gasteiger partial charge in [0.05, 0.1) is 29.2 Å². The third-order valence-corrected chi connectivity index (χ3v) is 12.4. The molecule has 3 saturated heterocycles. The van der Waals surface area contributed by atoms with Crippen molar-refractivity contribution in [3.05, 3.63) is 90.5 Å². The van der Waals surface area contributed by atoms with Gasteiger partial charge in [-0.2, -0.15) is 0 Å². The fourth-order valence-electron chi connectivity index (χ4n) is 7.39. The van der Waals surface area contributed by atoms with Crippen molar-refractivity contribution in [3.8, 4) is 0 Å². The number of rotatable bonds is 11. The summed E-state index contributed by atoms with van der Waals surface area (Å²) in [5.41, 5.74) is 3.70. The molecule has 5 rings (SSSR count). The number of likely N-dealkylation sites (tertiary alicyclic amines) is 1. The van der Waals surface area contributed by atoms with E-state index < -0.39 is 28.7 Å². The van der Waals surface area contributed by atoms with Crippen LogP contribution in [0.5, 0.6) is 0 Å². The summed E-state index contributed by atoms with van der Waals surface area (Å²) in [5, 5.41) is 10.1. The monoisotopic (exact) mass is 665 g/mol. The number of para-hydroxylation sites is 1. The Hall–Kier alpha value is -2.88. The summed E-state index contributed by atoms with van der Waals surface area (Å²) >= 11 is 5.47. The fourth-order valence-corrected chi connectivity index (χ4v) is 11.0. The second-order valence-corrected chi connectivity index (χ2v) is 14.6. The van der Waals surface area contributed by atoms with E-state index in [1.165, 1.54) is 0 Å². The van der Waals surface area contributed by atoms with E-state index in [4.69, 9.17) is 0 Å². The van der Waals surface area contributed by atoms with Gasteiger partial charge in [0.1, 0.15) is 6.04 Å². The first kappa shape index (κ1) is 31.5. The molecule has 0 aliphatic carbocycles. The number of anilines is 1. The van der Waals surface area contributed by atoms with Gasteiger partial charge in [-0.1, -0.05) is 76.6 Å². The molecule has 3 heterocycles. The third kappa shape index (κ3) is 5.27. The molecule has 228 valence electrons. The second kappa shape index (κ2) is 12.6. The van der Waals surface area contributed by atoms with Crippen molar-refractivity contribution >= 4 is 51.1 Å². The summed E-state index contributed by atoms with van der Waals surface area (Å²) in [4.78, 5) is 48.8. The van der Waals surface area contributed by atoms with Crippen LogP contribution in [-0.2, 0) is 20.9 Å². The number of carbonyl (C=O) groups excluding carboxylic acids is 3. The normalized spacial score (nSPS) is 28.0. The second-order valence-electron chi connectivity index (χ2n) is 11.9. The number of alkyl halides is 1. The molecule has 3 aliphatic heterocycles. The van der Waals surface area contributed by atoms with E-state index in [2.05, 4.69) is 29.1 Å². The number of carbonyl (C=O) groups is 3. The first-order valence-corrected chi connectivity index (χ1v) is 16.6. The maximum absolute atomic E-state index is 14.9. The lowest BCUT2D eigenvalue weighted by atomic mass is 9.70. The molecule has 2 aromatic rings. The summed E-state index contributed by atoms with van der Waals surface area (Å²) < 4.78 is -0.820. The summed E-state index contributed by atoms with van der Waals surface area (Å²) in [5.74, 6) is -1.84. The third-order valence-electron chi connectivity index (χ3n) is 9.15. The van der Waals surface area contributed by atoms with E-state index in [9.17, 15) is 19.5 Å². The first-order chi connectivity index (χ1) is 20.6. The molecule has 0 aromatic heterocycles. The van der Waals surface area contributed by atoms with Crippen LogP contribution in [0.3, 0.4) is 0 Å². The van der Waals surface area contributed by atoms with Gasteiger partial charge >= 0.3 is 0 Å². The topological polar surface area (TPSA) is 81.2 Å². The van der Waals surface area contributed by atoms with Gasteiger partial charge in [0.25, 0.3) is 5.91 Å². The molecular formula is C34H40BrN3O4S. The van der Waals surface area contributed by atoms with Crippen molar-refractivity contribution in [2.75, 3.05) is 24.6 Å². The number of halogens is 1. The maximum Gasteiger partial charge on any atom is 0.251 e. The summed E-state index contributed by atoms with van der Waals surface area (Å²) in [7, 11) is 0. The number of fused-ring (bicyclic) bond motifs is 1. The molecule has 3 amide bonds. The maximum atomic E-state index is 14.9. The van der Waals surface area contributed by atoms with Crippen LogP contribution >= 0.6 is 27.7 Å². The fraction of sp³-hybridized carbons (Fsp3) is 0.441. The van der Waals surface area contributed by atoms with Gasteiger partial charge in [0, 0.05) is 35.4 Å². The van der Waals surface area contributed by atoms with Crippen molar-refractivity contribution in [1.82, 2.24) is 9.80 Å². The lowest BCUT2D eigenvalue weighted by Crippen LogP contribution is -2.58. The molecule has 1 spiro atoms. The minimum absolute atomic E-state index is 0.0504. The van der Waals surface area contributed by atoms with Crippen molar-refractivity contribution in [3.63, 3.8) is 0 Å². The van der Waals surface area contributed by atoms with Gasteiger partial charge in [-0.3, -0.25) is 14.4 Å². The molecule has 7 nitrogen and oxygen atoms in total. The quantitative estimate of drug-likeness (QED) is 0.273. The summed E-state index contributed by atoms with van der Waals surface area (Å²) in [6, 6.07) is 14.3. The predicted molar refractivity (Wildman–Crippen MR) is 176 cm³/mol. The van der Waals surface area contributed by atoms with Gasteiger partial charge in [-0.05, 0) is 43.9 Å². The minimum Gasteiger partial charge on any atom is -0.394 e. The number of hydrogen-bond acceptors (Lipinski definition) is 5. The largest absolute Gasteiger partial charge is 0.394 e. The van der Waals surface area contributed by atoms with Gasteiger partial charge in [-0.15, -0.1) is 24.9 Å². The van der Waals surface area contributed by atoms with Gasteiger partial charge < -0.3 is 19.8 Å². The average Bonchev–Trinajstić information content (AvgIpc) is 3.59. The molecule has 2 aromatic carbocycles. The Labute approximate surface area is 267 Å². The van der Waals surface area contributed by atoms with Crippen LogP contribution < -0.4 is 4.90 Å². The number of aliphatic hydroxyl groups excluding tert-OH is 1. The highest BCUT2D eigenvalue weighted by atomic mass is 79.9. The Morgan fingerprint density at radius 3 is 2.35 bits per heavy atom. The van der Waals surface area contributed by atoms with Gasteiger partial charge in [0.15, 0.2) is 0 Å². The highest BCUT2D eigenvalue weighted by Crippen LogP contribution is 2.68. The Balaban J connectivity index is 1.59. The molecule has 2 bridgehead atoms. The Bertz CT molecular complexity index is 1400. The van der Waals surface area contributed by atoms with E-state index in [0.29, 0.717) is 19.5 Å². The number of thioether (sulfide) groups is 1. The molecular weight excluding hydrogens is 626 g/mol. The number of benzene rings is 2. The van der Waals surface area contributed by atoms with Crippen LogP contribution in [0.25, 0.3) is 0 Å². The first-order valence-electron chi connectivity index (χ1n) is 14.8. The van der Waals surface area contributed by atoms with Crippen molar-refractivity contribution < 1.29 is 19.5 Å². The predicted octanol–water partition coefficient (Wildman–Crippen LogP) is 4.88. The van der Waals surface area contributed by atoms with E-state index in [1.54, 1.807) is 45.5 Å². The van der Waals surface area contributed by atoms with E-state index in [0.717, 1.165) is 22.4 Å². The van der Waals surface area contributed by atoms with Crippen molar-refractivity contribution in [2.45, 2.75) is 60.6 Å². The van der Waals surface area contributed by atoms with Crippen LogP contribution in [-0.4, -0.2) is 79.2 Å². The summed E-state index contributed by atoms with van der Waals surface area (Å²) in [6.07, 6.45) is 3.98. The van der Waals surface area contributed by atoms with Crippen LogP contribution in [0, 0.1) is 25.7 Å². The molecule has 0 radical (unpaired) electrons. The van der Waals surface area contributed by atoms with Crippen LogP contribution in [0.2, 0.25) is 0 Å². The van der Waals surface area contributed by atoms with E-state index in [1.807, 2.05) is 62.4 Å². The number of hydrogen-bond donors (Lipinski definition) is 1. The van der Waals surface area contributed by atoms with Crippen LogP contribution in [0.15, 0.2) is 73.8 Å². The number of nitrogens with zero attached hydrogens (tertiary/aromatic N) is 3. The summed E-state index contributed by atoms with van der Waals surface area (Å²) in [6.45, 7) is 14.3. The highest BCUT2D eigenvalue weighted by molar-refractivity contribution is 9.09. The Morgan fingerprint density at radius 1 is 1.09 bits per heavy atom. The molecule has 3 aliphatic rings. The highest BCUT2D eigenvalue weighted by Gasteiger charge is 2.76.